The molecule has 0 aliphatic heterocycles. The first-order valence-corrected chi connectivity index (χ1v) is 10.9. The number of aliphatic hydroxyl groups excluding tert-OH is 5. The Morgan fingerprint density at radius 2 is 1.56 bits per heavy atom. The third-order valence-corrected chi connectivity index (χ3v) is 6.98. The molecule has 9 nitrogen and oxygen atoms in total. The van der Waals surface area contributed by atoms with Gasteiger partial charge in [-0.25, -0.2) is 0 Å². The van der Waals surface area contributed by atoms with Gasteiger partial charge in [0.2, 0.25) is 0 Å². The van der Waals surface area contributed by atoms with E-state index in [-0.39, 0.29) is 30.9 Å². The largest absolute Gasteiger partial charge is 0.396 e. The van der Waals surface area contributed by atoms with Crippen LogP contribution in [0.4, 0.5) is 5.69 Å². The van der Waals surface area contributed by atoms with Crippen LogP contribution in [0.2, 0.25) is 0 Å². The molecule has 0 saturated carbocycles. The average Bonchev–Trinajstić information content (AvgIpc) is 2.63. The van der Waals surface area contributed by atoms with Gasteiger partial charge in [-0.3, -0.25) is 9.59 Å². The van der Waals surface area contributed by atoms with Crippen molar-refractivity contribution in [3.8, 4) is 0 Å². The summed E-state index contributed by atoms with van der Waals surface area (Å²) in [5.41, 5.74) is 0.829. The predicted molar refractivity (Wildman–Crippen MR) is 122 cm³/mol. The number of nitrogens with one attached hydrogen (secondary N) is 2. The Labute approximate surface area is 196 Å². The number of benzene rings is 1. The molecule has 2 amide bonds. The molecule has 12 heteroatoms. The first-order chi connectivity index (χ1) is 12.7. The van der Waals surface area contributed by atoms with E-state index >= 15 is 0 Å². The van der Waals surface area contributed by atoms with Crippen LogP contribution in [0.15, 0.2) is 0 Å². The van der Waals surface area contributed by atoms with E-state index in [0.717, 1.165) is 0 Å². The lowest BCUT2D eigenvalue weighted by atomic mass is 10.1. The Morgan fingerprint density at radius 1 is 0.963 bits per heavy atom. The number of halogens is 3. The van der Waals surface area contributed by atoms with Crippen LogP contribution in [0, 0.1) is 10.7 Å². The van der Waals surface area contributed by atoms with Crippen molar-refractivity contribution in [2.75, 3.05) is 25.1 Å². The zero-order chi connectivity index (χ0) is 20.7. The first-order valence-electron chi connectivity index (χ1n) is 7.65. The number of rotatable bonds is 9. The molecule has 1 unspecified atom stereocenters. The zero-order valence-corrected chi connectivity index (χ0v) is 20.3. The first kappa shape index (κ1) is 25.2. The Hall–Kier alpha value is 0.150. The van der Waals surface area contributed by atoms with Crippen molar-refractivity contribution in [3.63, 3.8) is 0 Å². The number of amides is 2. The highest BCUT2D eigenvalue weighted by Gasteiger charge is 2.27. The second-order valence-electron chi connectivity index (χ2n) is 5.38. The molecule has 0 heterocycles. The maximum atomic E-state index is 12.6. The molecule has 0 saturated heterocycles. The maximum absolute atomic E-state index is 12.6. The highest BCUT2D eigenvalue weighted by molar-refractivity contribution is 14.1. The number of hydrogen-bond donors (Lipinski definition) is 7. The summed E-state index contributed by atoms with van der Waals surface area (Å²) in [5.74, 6) is -1.34. The van der Waals surface area contributed by atoms with Crippen LogP contribution in [0.5, 0.6) is 0 Å². The Bertz CT molecular complexity index is 699. The summed E-state index contributed by atoms with van der Waals surface area (Å²) in [6, 6.07) is -0.856. The van der Waals surface area contributed by atoms with Crippen LogP contribution in [0.3, 0.4) is 0 Å². The van der Waals surface area contributed by atoms with Gasteiger partial charge in [-0.05, 0) is 67.8 Å². The molecule has 1 atom stereocenters. The highest BCUT2D eigenvalue weighted by Crippen LogP contribution is 2.36. The third-order valence-electron chi connectivity index (χ3n) is 3.52. The van der Waals surface area contributed by atoms with Gasteiger partial charge in [-0.1, -0.05) is 0 Å². The van der Waals surface area contributed by atoms with E-state index in [2.05, 4.69) is 10.6 Å². The van der Waals surface area contributed by atoms with Crippen molar-refractivity contribution in [1.82, 2.24) is 5.32 Å². The monoisotopic (exact) mass is 720 g/mol. The van der Waals surface area contributed by atoms with Crippen molar-refractivity contribution in [1.29, 1.82) is 0 Å². The summed E-state index contributed by atoms with van der Waals surface area (Å²) >= 11 is 5.70. The molecule has 27 heavy (non-hydrogen) atoms. The molecule has 0 aliphatic carbocycles. The Balaban J connectivity index is 3.40. The van der Waals surface area contributed by atoms with E-state index in [1.165, 1.54) is 0 Å². The third kappa shape index (κ3) is 6.31. The van der Waals surface area contributed by atoms with Crippen LogP contribution in [0.1, 0.15) is 22.3 Å². The maximum Gasteiger partial charge on any atom is 0.253 e. The number of hydrogen-bond acceptors (Lipinski definition) is 7. The predicted octanol–water partition coefficient (Wildman–Crippen LogP) is -0.242. The summed E-state index contributed by atoms with van der Waals surface area (Å²) in [7, 11) is 0. The average molecular weight is 720 g/mol. The van der Waals surface area contributed by atoms with E-state index in [0.29, 0.717) is 16.3 Å². The minimum Gasteiger partial charge on any atom is -0.396 e. The zero-order valence-electron chi connectivity index (χ0n) is 13.9. The molecule has 1 rings (SSSR count). The van der Waals surface area contributed by atoms with Crippen molar-refractivity contribution in [3.05, 3.63) is 21.8 Å². The lowest BCUT2D eigenvalue weighted by molar-refractivity contribution is -0.124. The van der Waals surface area contributed by atoms with E-state index in [4.69, 9.17) is 15.3 Å². The molecule has 0 aliphatic rings. The molecule has 1 aromatic rings. The van der Waals surface area contributed by atoms with Gasteiger partial charge in [-0.15, -0.1) is 0 Å². The van der Waals surface area contributed by atoms with Crippen LogP contribution in [-0.2, 0) is 11.4 Å². The molecule has 0 aromatic heterocycles. The molecule has 1 aromatic carbocycles. The second kappa shape index (κ2) is 12.0. The molecular formula is C15H19I3N2O7. The van der Waals surface area contributed by atoms with Crippen molar-refractivity contribution in [2.45, 2.75) is 25.2 Å². The fourth-order valence-electron chi connectivity index (χ4n) is 2.03. The molecule has 152 valence electrons. The van der Waals surface area contributed by atoms with E-state index < -0.39 is 37.2 Å². The molecule has 0 bridgehead atoms. The quantitative estimate of drug-likeness (QED) is 0.174. The van der Waals surface area contributed by atoms with E-state index in [1.54, 1.807) is 0 Å². The van der Waals surface area contributed by atoms with Gasteiger partial charge in [0, 0.05) is 25.7 Å². The van der Waals surface area contributed by atoms with Crippen molar-refractivity contribution >= 4 is 85.3 Å². The molecule has 7 N–H and O–H groups in total. The molecule has 0 radical (unpaired) electrons. The van der Waals surface area contributed by atoms with E-state index in [9.17, 15) is 19.8 Å². The summed E-state index contributed by atoms with van der Waals surface area (Å²) in [6.07, 6.45) is -1.57. The summed E-state index contributed by atoms with van der Waals surface area (Å²) in [6.45, 7) is -1.67. The van der Waals surface area contributed by atoms with Gasteiger partial charge in [0.05, 0.1) is 40.7 Å². The minimum absolute atomic E-state index is 0.141. The Kier molecular flexibility index (Phi) is 11.2. The van der Waals surface area contributed by atoms with Gasteiger partial charge in [-0.2, -0.15) is 0 Å². The highest BCUT2D eigenvalue weighted by atomic mass is 127. The number of carbonyl (C=O) groups excluding carboxylic acids is 2. The molecule has 0 spiro atoms. The topological polar surface area (TPSA) is 159 Å². The van der Waals surface area contributed by atoms with Crippen molar-refractivity contribution in [2.24, 2.45) is 0 Å². The van der Waals surface area contributed by atoms with Gasteiger partial charge >= 0.3 is 0 Å². The van der Waals surface area contributed by atoms with Gasteiger partial charge in [0.15, 0.2) is 0 Å². The fraction of sp³-hybridized carbons (Fsp3) is 0.467. The normalized spacial score (nSPS) is 12.2. The number of carbonyl (C=O) groups is 2. The fourth-order valence-corrected chi connectivity index (χ4v) is 6.30. The standard InChI is InChI=1S/C15H19I3N2O7/c16-10-7(5-24)11(17)13(20-14(26)8(25)1-2-21)12(18)9(10)15(27)19-6(3-22)4-23/h6,8,21-25H,1-5H2,(H,19,27)(H,20,26). The van der Waals surface area contributed by atoms with Crippen LogP contribution < -0.4 is 10.6 Å². The Morgan fingerprint density at radius 3 is 2.04 bits per heavy atom. The van der Waals surface area contributed by atoms with Crippen molar-refractivity contribution < 1.29 is 35.1 Å². The van der Waals surface area contributed by atoms with E-state index in [1.807, 2.05) is 67.8 Å². The molecular weight excluding hydrogens is 701 g/mol. The van der Waals surface area contributed by atoms with Gasteiger partial charge < -0.3 is 36.2 Å². The SMILES string of the molecule is O=C(NC(CO)CO)c1c(I)c(CO)c(I)c(NC(=O)C(O)CCO)c1I. The number of anilines is 1. The van der Waals surface area contributed by atoms with Crippen LogP contribution in [0.25, 0.3) is 0 Å². The summed E-state index contributed by atoms with van der Waals surface area (Å²) in [5, 5.41) is 51.6. The van der Waals surface area contributed by atoms with Crippen LogP contribution in [-0.4, -0.2) is 69.3 Å². The minimum atomic E-state index is -1.43. The van der Waals surface area contributed by atoms with Crippen LogP contribution >= 0.6 is 67.8 Å². The lowest BCUT2D eigenvalue weighted by Crippen LogP contribution is -2.41. The lowest BCUT2D eigenvalue weighted by Gasteiger charge is -2.21. The number of aliphatic hydroxyl groups is 5. The second-order valence-corrected chi connectivity index (χ2v) is 8.62. The van der Waals surface area contributed by atoms with Gasteiger partial charge in [0.25, 0.3) is 11.8 Å². The van der Waals surface area contributed by atoms with Gasteiger partial charge in [0.1, 0.15) is 6.10 Å². The smallest absolute Gasteiger partial charge is 0.253 e. The summed E-state index contributed by atoms with van der Waals surface area (Å²) in [4.78, 5) is 24.8. The summed E-state index contributed by atoms with van der Waals surface area (Å²) < 4.78 is 1.34. The molecule has 0 fully saturated rings.